The number of aliphatic hydroxyl groups is 1. The molecule has 1 rings (SSSR count). The molecule has 0 aliphatic heterocycles. The number of nitrogens with one attached hydrogen (secondary N) is 1. The molecule has 1 aromatic carbocycles. The van der Waals surface area contributed by atoms with Crippen molar-refractivity contribution < 1.29 is 9.84 Å². The van der Waals surface area contributed by atoms with Gasteiger partial charge in [0.25, 0.3) is 0 Å². The smallest absolute Gasteiger partial charge is 0.133 e. The van der Waals surface area contributed by atoms with Crippen molar-refractivity contribution >= 4 is 15.9 Å². The summed E-state index contributed by atoms with van der Waals surface area (Å²) in [6.45, 7) is 6.72. The third kappa shape index (κ3) is 5.38. The number of rotatable bonds is 8. The van der Waals surface area contributed by atoms with Crippen LogP contribution >= 0.6 is 15.9 Å². The van der Waals surface area contributed by atoms with Crippen LogP contribution in [0.15, 0.2) is 22.7 Å². The summed E-state index contributed by atoms with van der Waals surface area (Å²) in [5, 5.41) is 11.7. The zero-order chi connectivity index (χ0) is 13.4. The highest BCUT2D eigenvalue weighted by Gasteiger charge is 2.05. The molecule has 0 aliphatic carbocycles. The first-order chi connectivity index (χ1) is 8.65. The number of benzene rings is 1. The predicted octanol–water partition coefficient (Wildman–Crippen LogP) is 2.92. The molecule has 0 saturated heterocycles. The van der Waals surface area contributed by atoms with Crippen molar-refractivity contribution in [3.63, 3.8) is 0 Å². The molecule has 102 valence electrons. The molecule has 0 radical (unpaired) electrons. The van der Waals surface area contributed by atoms with E-state index in [1.165, 1.54) is 5.56 Å². The van der Waals surface area contributed by atoms with Crippen LogP contribution in [0.25, 0.3) is 0 Å². The SMILES string of the molecule is CC(C)c1ccc(OCCCNCCO)c(Br)c1. The fraction of sp³-hybridized carbons (Fsp3) is 0.571. The maximum absolute atomic E-state index is 8.61. The average Bonchev–Trinajstić information content (AvgIpc) is 2.35. The normalized spacial score (nSPS) is 10.9. The standard InChI is InChI=1S/C14H22BrNO2/c1-11(2)12-4-5-14(13(15)10-12)18-9-3-6-16-7-8-17/h4-5,10-11,16-17H,3,6-9H2,1-2H3. The van der Waals surface area contributed by atoms with E-state index in [2.05, 4.69) is 47.2 Å². The van der Waals surface area contributed by atoms with E-state index in [4.69, 9.17) is 9.84 Å². The fourth-order valence-corrected chi connectivity index (χ4v) is 2.09. The van der Waals surface area contributed by atoms with Gasteiger partial charge in [0.1, 0.15) is 5.75 Å². The molecule has 0 aliphatic rings. The lowest BCUT2D eigenvalue weighted by Gasteiger charge is -2.11. The van der Waals surface area contributed by atoms with Crippen molar-refractivity contribution in [2.45, 2.75) is 26.2 Å². The summed E-state index contributed by atoms with van der Waals surface area (Å²) < 4.78 is 6.71. The minimum atomic E-state index is 0.184. The highest BCUT2D eigenvalue weighted by molar-refractivity contribution is 9.10. The van der Waals surface area contributed by atoms with Crippen molar-refractivity contribution in [3.05, 3.63) is 28.2 Å². The first-order valence-electron chi connectivity index (χ1n) is 6.39. The van der Waals surface area contributed by atoms with Gasteiger partial charge in [0.05, 0.1) is 17.7 Å². The summed E-state index contributed by atoms with van der Waals surface area (Å²) in [6.07, 6.45) is 0.929. The zero-order valence-electron chi connectivity index (χ0n) is 11.1. The summed E-state index contributed by atoms with van der Waals surface area (Å²) in [4.78, 5) is 0. The summed E-state index contributed by atoms with van der Waals surface area (Å²) in [6, 6.07) is 6.24. The van der Waals surface area contributed by atoms with Crippen LogP contribution in [0.3, 0.4) is 0 Å². The van der Waals surface area contributed by atoms with E-state index < -0.39 is 0 Å². The molecule has 0 saturated carbocycles. The number of aliphatic hydroxyl groups excluding tert-OH is 1. The van der Waals surface area contributed by atoms with Gasteiger partial charge in [0.15, 0.2) is 0 Å². The Hall–Kier alpha value is -0.580. The van der Waals surface area contributed by atoms with Crippen molar-refractivity contribution in [3.8, 4) is 5.75 Å². The van der Waals surface area contributed by atoms with Gasteiger partial charge in [-0.25, -0.2) is 0 Å². The molecule has 0 fully saturated rings. The van der Waals surface area contributed by atoms with Crippen LogP contribution in [0.2, 0.25) is 0 Å². The van der Waals surface area contributed by atoms with Gasteiger partial charge in [-0.2, -0.15) is 0 Å². The van der Waals surface area contributed by atoms with Gasteiger partial charge >= 0.3 is 0 Å². The summed E-state index contributed by atoms with van der Waals surface area (Å²) in [5.41, 5.74) is 1.30. The second-order valence-electron chi connectivity index (χ2n) is 4.52. The van der Waals surface area contributed by atoms with Crippen LogP contribution in [0.1, 0.15) is 31.7 Å². The molecule has 0 bridgehead atoms. The van der Waals surface area contributed by atoms with E-state index in [1.54, 1.807) is 0 Å². The van der Waals surface area contributed by atoms with Crippen LogP contribution < -0.4 is 10.1 Å². The Morgan fingerprint density at radius 3 is 2.72 bits per heavy atom. The Morgan fingerprint density at radius 2 is 2.11 bits per heavy atom. The van der Waals surface area contributed by atoms with Gasteiger partial charge in [-0.1, -0.05) is 19.9 Å². The quantitative estimate of drug-likeness (QED) is 0.725. The molecule has 0 heterocycles. The van der Waals surface area contributed by atoms with Crippen molar-refractivity contribution in [1.82, 2.24) is 5.32 Å². The van der Waals surface area contributed by atoms with Crippen LogP contribution in [0, 0.1) is 0 Å². The van der Waals surface area contributed by atoms with Crippen molar-refractivity contribution in [2.24, 2.45) is 0 Å². The summed E-state index contributed by atoms with van der Waals surface area (Å²) in [7, 11) is 0. The van der Waals surface area contributed by atoms with Gasteiger partial charge < -0.3 is 15.2 Å². The van der Waals surface area contributed by atoms with Crippen LogP contribution in [-0.4, -0.2) is 31.4 Å². The summed E-state index contributed by atoms with van der Waals surface area (Å²) >= 11 is 3.54. The fourth-order valence-electron chi connectivity index (χ4n) is 1.58. The zero-order valence-corrected chi connectivity index (χ0v) is 12.7. The lowest BCUT2D eigenvalue weighted by Crippen LogP contribution is -2.20. The van der Waals surface area contributed by atoms with E-state index >= 15 is 0 Å². The Balaban J connectivity index is 2.34. The molecule has 4 heteroatoms. The monoisotopic (exact) mass is 315 g/mol. The van der Waals surface area contributed by atoms with Gasteiger partial charge in [-0.05, 0) is 52.5 Å². The Labute approximate surface area is 118 Å². The highest BCUT2D eigenvalue weighted by Crippen LogP contribution is 2.28. The summed E-state index contributed by atoms with van der Waals surface area (Å²) in [5.74, 6) is 1.42. The average molecular weight is 316 g/mol. The van der Waals surface area contributed by atoms with Crippen LogP contribution in [0.5, 0.6) is 5.75 Å². The molecule has 18 heavy (non-hydrogen) atoms. The van der Waals surface area contributed by atoms with E-state index in [1.807, 2.05) is 6.07 Å². The Kier molecular flexibility index (Phi) is 7.32. The van der Waals surface area contributed by atoms with Gasteiger partial charge in [-0.15, -0.1) is 0 Å². The first-order valence-corrected chi connectivity index (χ1v) is 7.18. The highest BCUT2D eigenvalue weighted by atomic mass is 79.9. The minimum absolute atomic E-state index is 0.184. The van der Waals surface area contributed by atoms with Crippen molar-refractivity contribution in [1.29, 1.82) is 0 Å². The van der Waals surface area contributed by atoms with Gasteiger partial charge in [-0.3, -0.25) is 0 Å². The molecular weight excluding hydrogens is 294 g/mol. The third-order valence-corrected chi connectivity index (χ3v) is 3.29. The van der Waals surface area contributed by atoms with Crippen molar-refractivity contribution in [2.75, 3.05) is 26.3 Å². The topological polar surface area (TPSA) is 41.5 Å². The molecule has 0 aromatic heterocycles. The molecule has 3 nitrogen and oxygen atoms in total. The molecule has 0 atom stereocenters. The van der Waals surface area contributed by atoms with E-state index in [-0.39, 0.29) is 6.61 Å². The Bertz CT molecular complexity index is 356. The maximum Gasteiger partial charge on any atom is 0.133 e. The Morgan fingerprint density at radius 1 is 1.33 bits per heavy atom. The number of hydrogen-bond donors (Lipinski definition) is 2. The molecule has 0 amide bonds. The van der Waals surface area contributed by atoms with E-state index in [0.717, 1.165) is 23.2 Å². The second-order valence-corrected chi connectivity index (χ2v) is 5.37. The predicted molar refractivity (Wildman–Crippen MR) is 78.3 cm³/mol. The lowest BCUT2D eigenvalue weighted by atomic mass is 10.0. The largest absolute Gasteiger partial charge is 0.492 e. The number of hydrogen-bond acceptors (Lipinski definition) is 3. The minimum Gasteiger partial charge on any atom is -0.492 e. The first kappa shape index (κ1) is 15.5. The van der Waals surface area contributed by atoms with Crippen LogP contribution in [-0.2, 0) is 0 Å². The molecule has 2 N–H and O–H groups in total. The molecule has 1 aromatic rings. The number of halogens is 1. The van der Waals surface area contributed by atoms with E-state index in [0.29, 0.717) is 19.1 Å². The molecular formula is C14H22BrNO2. The molecule has 0 unspecified atom stereocenters. The molecule has 0 spiro atoms. The van der Waals surface area contributed by atoms with Crippen LogP contribution in [0.4, 0.5) is 0 Å². The number of ether oxygens (including phenoxy) is 1. The lowest BCUT2D eigenvalue weighted by molar-refractivity contribution is 0.281. The maximum atomic E-state index is 8.61. The third-order valence-electron chi connectivity index (χ3n) is 2.67. The second kappa shape index (κ2) is 8.51. The van der Waals surface area contributed by atoms with Gasteiger partial charge in [0.2, 0.25) is 0 Å². The van der Waals surface area contributed by atoms with Gasteiger partial charge in [0, 0.05) is 6.54 Å². The van der Waals surface area contributed by atoms with E-state index in [9.17, 15) is 0 Å².